The summed E-state index contributed by atoms with van der Waals surface area (Å²) in [5.74, 6) is -0.354. The first kappa shape index (κ1) is 10.5. The van der Waals surface area contributed by atoms with Gasteiger partial charge < -0.3 is 5.32 Å². The van der Waals surface area contributed by atoms with Crippen LogP contribution in [0.5, 0.6) is 0 Å². The van der Waals surface area contributed by atoms with Crippen LogP contribution >= 0.6 is 11.6 Å². The molecule has 0 aliphatic rings. The predicted octanol–water partition coefficient (Wildman–Crippen LogP) is 3.15. The number of hydrogen-bond donors (Lipinski definition) is 1. The second kappa shape index (κ2) is 4.58. The third-order valence-corrected chi connectivity index (χ3v) is 2.41. The van der Waals surface area contributed by atoms with Crippen LogP contribution in [0.3, 0.4) is 0 Å². The summed E-state index contributed by atoms with van der Waals surface area (Å²) < 4.78 is 13.1. The zero-order valence-corrected chi connectivity index (χ0v) is 8.53. The summed E-state index contributed by atoms with van der Waals surface area (Å²) in [6, 6.07) is 5.11. The maximum atomic E-state index is 13.1. The first-order valence-electron chi connectivity index (χ1n) is 4.31. The van der Waals surface area contributed by atoms with Gasteiger partial charge in [-0.2, -0.15) is 0 Å². The fourth-order valence-corrected chi connectivity index (χ4v) is 1.45. The van der Waals surface area contributed by atoms with Crippen LogP contribution in [0.4, 0.5) is 4.39 Å². The van der Waals surface area contributed by atoms with Gasteiger partial charge in [0.2, 0.25) is 0 Å². The van der Waals surface area contributed by atoms with Crippen LogP contribution in [0.2, 0.25) is 5.02 Å². The highest BCUT2D eigenvalue weighted by Crippen LogP contribution is 2.21. The quantitative estimate of drug-likeness (QED) is 0.792. The molecule has 1 N–H and O–H groups in total. The topological polar surface area (TPSA) is 12.0 Å². The Morgan fingerprint density at radius 1 is 1.54 bits per heavy atom. The summed E-state index contributed by atoms with van der Waals surface area (Å²) in [7, 11) is 1.86. The highest BCUT2D eigenvalue weighted by atomic mass is 35.5. The van der Waals surface area contributed by atoms with Gasteiger partial charge >= 0.3 is 0 Å². The van der Waals surface area contributed by atoms with Gasteiger partial charge in [-0.3, -0.25) is 0 Å². The summed E-state index contributed by atoms with van der Waals surface area (Å²) in [5.41, 5.74) is 0.937. The van der Waals surface area contributed by atoms with E-state index in [9.17, 15) is 4.39 Å². The Balaban J connectivity index is 2.95. The predicted molar refractivity (Wildman–Crippen MR) is 53.5 cm³/mol. The van der Waals surface area contributed by atoms with Gasteiger partial charge in [-0.05, 0) is 31.2 Å². The van der Waals surface area contributed by atoms with Gasteiger partial charge in [-0.1, -0.05) is 24.6 Å². The molecule has 1 aromatic rings. The highest BCUT2D eigenvalue weighted by molar-refractivity contribution is 6.30. The SMILES string of the molecule is CCC(NC)c1ccc(Cl)c(F)c1. The second-order valence-corrected chi connectivity index (χ2v) is 3.33. The average Bonchev–Trinajstić information content (AvgIpc) is 2.13. The summed E-state index contributed by atoms with van der Waals surface area (Å²) in [5, 5.41) is 3.28. The minimum atomic E-state index is -0.354. The molecule has 0 heterocycles. The highest BCUT2D eigenvalue weighted by Gasteiger charge is 2.08. The first-order valence-corrected chi connectivity index (χ1v) is 4.69. The third-order valence-electron chi connectivity index (χ3n) is 2.10. The summed E-state index contributed by atoms with van der Waals surface area (Å²) in [6.07, 6.45) is 0.928. The van der Waals surface area contributed by atoms with Crippen LogP contribution < -0.4 is 5.32 Å². The Kier molecular flexibility index (Phi) is 3.70. The molecular formula is C10H13ClFN. The number of nitrogens with one attached hydrogen (secondary N) is 1. The number of benzene rings is 1. The van der Waals surface area contributed by atoms with Gasteiger partial charge in [0.1, 0.15) is 5.82 Å². The molecule has 0 fully saturated rings. The number of rotatable bonds is 3. The lowest BCUT2D eigenvalue weighted by molar-refractivity contribution is 0.566. The molecule has 0 saturated heterocycles. The molecule has 72 valence electrons. The van der Waals surface area contributed by atoms with Crippen molar-refractivity contribution in [1.82, 2.24) is 5.32 Å². The largest absolute Gasteiger partial charge is 0.313 e. The Bertz CT molecular complexity index is 284. The van der Waals surface area contributed by atoms with E-state index in [1.807, 2.05) is 20.0 Å². The molecule has 0 aromatic heterocycles. The molecule has 1 aromatic carbocycles. The molecule has 3 heteroatoms. The Hall–Kier alpha value is -0.600. The minimum Gasteiger partial charge on any atom is -0.313 e. The molecule has 1 nitrogen and oxygen atoms in total. The fraction of sp³-hybridized carbons (Fsp3) is 0.400. The molecular weight excluding hydrogens is 189 g/mol. The molecule has 0 bridgehead atoms. The average molecular weight is 202 g/mol. The van der Waals surface area contributed by atoms with E-state index in [-0.39, 0.29) is 16.9 Å². The molecule has 1 unspecified atom stereocenters. The molecule has 1 rings (SSSR count). The zero-order valence-electron chi connectivity index (χ0n) is 7.77. The maximum absolute atomic E-state index is 13.1. The van der Waals surface area contributed by atoms with E-state index in [4.69, 9.17) is 11.6 Å². The Morgan fingerprint density at radius 2 is 2.23 bits per heavy atom. The van der Waals surface area contributed by atoms with E-state index in [2.05, 4.69) is 5.32 Å². The van der Waals surface area contributed by atoms with Crippen molar-refractivity contribution in [2.75, 3.05) is 7.05 Å². The molecule has 13 heavy (non-hydrogen) atoms. The molecule has 0 spiro atoms. The lowest BCUT2D eigenvalue weighted by atomic mass is 10.1. The molecule has 0 radical (unpaired) electrons. The Labute approximate surface area is 82.9 Å². The van der Waals surface area contributed by atoms with Crippen LogP contribution in [0.1, 0.15) is 24.9 Å². The number of hydrogen-bond acceptors (Lipinski definition) is 1. The van der Waals surface area contributed by atoms with E-state index < -0.39 is 0 Å². The van der Waals surface area contributed by atoms with Crippen LogP contribution in [0.15, 0.2) is 18.2 Å². The van der Waals surface area contributed by atoms with E-state index in [1.165, 1.54) is 6.07 Å². The van der Waals surface area contributed by atoms with E-state index in [1.54, 1.807) is 6.07 Å². The molecule has 0 amide bonds. The van der Waals surface area contributed by atoms with Crippen molar-refractivity contribution >= 4 is 11.6 Å². The van der Waals surface area contributed by atoms with Crippen LogP contribution in [-0.4, -0.2) is 7.05 Å². The van der Waals surface area contributed by atoms with Crippen molar-refractivity contribution in [3.8, 4) is 0 Å². The molecule has 1 atom stereocenters. The van der Waals surface area contributed by atoms with E-state index >= 15 is 0 Å². The molecule has 0 aliphatic carbocycles. The van der Waals surface area contributed by atoms with Crippen molar-refractivity contribution in [3.63, 3.8) is 0 Å². The van der Waals surface area contributed by atoms with Crippen molar-refractivity contribution in [2.24, 2.45) is 0 Å². The minimum absolute atomic E-state index is 0.176. The zero-order chi connectivity index (χ0) is 9.84. The van der Waals surface area contributed by atoms with E-state index in [0.717, 1.165) is 12.0 Å². The third kappa shape index (κ3) is 2.42. The standard InChI is InChI=1S/C10H13ClFN/c1-3-10(13-2)7-4-5-8(11)9(12)6-7/h4-6,10,13H,3H2,1-2H3. The van der Waals surface area contributed by atoms with Gasteiger partial charge in [0.05, 0.1) is 5.02 Å². The maximum Gasteiger partial charge on any atom is 0.142 e. The smallest absolute Gasteiger partial charge is 0.142 e. The Morgan fingerprint density at radius 3 is 2.69 bits per heavy atom. The van der Waals surface area contributed by atoms with Crippen molar-refractivity contribution in [1.29, 1.82) is 0 Å². The monoisotopic (exact) mass is 201 g/mol. The summed E-state index contributed by atoms with van der Waals surface area (Å²) in [6.45, 7) is 2.05. The van der Waals surface area contributed by atoms with Crippen molar-refractivity contribution in [3.05, 3.63) is 34.6 Å². The lowest BCUT2D eigenvalue weighted by Crippen LogP contribution is -2.15. The number of halogens is 2. The van der Waals surface area contributed by atoms with Crippen molar-refractivity contribution in [2.45, 2.75) is 19.4 Å². The van der Waals surface area contributed by atoms with Crippen molar-refractivity contribution < 1.29 is 4.39 Å². The first-order chi connectivity index (χ1) is 6.19. The van der Waals surface area contributed by atoms with Gasteiger partial charge in [0.15, 0.2) is 0 Å². The lowest BCUT2D eigenvalue weighted by Gasteiger charge is -2.14. The molecule has 0 aliphatic heterocycles. The van der Waals surface area contributed by atoms with Crippen LogP contribution in [0, 0.1) is 5.82 Å². The summed E-state index contributed by atoms with van der Waals surface area (Å²) in [4.78, 5) is 0. The van der Waals surface area contributed by atoms with Crippen LogP contribution in [0.25, 0.3) is 0 Å². The van der Waals surface area contributed by atoms with E-state index in [0.29, 0.717) is 0 Å². The normalized spacial score (nSPS) is 12.9. The molecule has 0 saturated carbocycles. The van der Waals surface area contributed by atoms with Gasteiger partial charge in [-0.15, -0.1) is 0 Å². The van der Waals surface area contributed by atoms with Gasteiger partial charge in [0.25, 0.3) is 0 Å². The fourth-order valence-electron chi connectivity index (χ4n) is 1.34. The summed E-state index contributed by atoms with van der Waals surface area (Å²) >= 11 is 5.58. The van der Waals surface area contributed by atoms with Crippen LogP contribution in [-0.2, 0) is 0 Å². The second-order valence-electron chi connectivity index (χ2n) is 2.92. The van der Waals surface area contributed by atoms with Gasteiger partial charge in [-0.25, -0.2) is 4.39 Å². The van der Waals surface area contributed by atoms with Gasteiger partial charge in [0, 0.05) is 6.04 Å².